The number of rotatable bonds is 5. The van der Waals surface area contributed by atoms with Crippen LogP contribution in [0.5, 0.6) is 11.5 Å². The summed E-state index contributed by atoms with van der Waals surface area (Å²) >= 11 is 0. The Hall–Kier alpha value is -2.54. The third-order valence-electron chi connectivity index (χ3n) is 4.80. The fourth-order valence-corrected chi connectivity index (χ4v) is 3.31. The van der Waals surface area contributed by atoms with Crippen LogP contribution in [0.4, 0.5) is 0 Å². The van der Waals surface area contributed by atoms with Crippen LogP contribution in [-0.4, -0.2) is 65.9 Å². The van der Waals surface area contributed by atoms with E-state index in [9.17, 15) is 4.79 Å². The van der Waals surface area contributed by atoms with Crippen LogP contribution in [0.3, 0.4) is 0 Å². The predicted octanol–water partition coefficient (Wildman–Crippen LogP) is 1.70. The molecule has 1 aliphatic rings. The second-order valence-corrected chi connectivity index (χ2v) is 6.55. The van der Waals surface area contributed by atoms with Crippen LogP contribution >= 0.6 is 0 Å². The fourth-order valence-electron chi connectivity index (χ4n) is 3.31. The normalized spacial score (nSPS) is 15.2. The molecule has 0 N–H and O–H groups in total. The van der Waals surface area contributed by atoms with E-state index in [1.54, 1.807) is 32.4 Å². The molecule has 0 aliphatic carbocycles. The molecule has 2 aromatic rings. The quantitative estimate of drug-likeness (QED) is 0.814. The molecule has 0 radical (unpaired) electrons. The fraction of sp³-hybridized carbons (Fsp3) is 0.474. The molecule has 7 nitrogen and oxygen atoms in total. The molecule has 0 saturated carbocycles. The number of piperazine rings is 1. The molecule has 1 aromatic heterocycles. The van der Waals surface area contributed by atoms with Gasteiger partial charge in [0.05, 0.1) is 19.9 Å². The molecule has 1 saturated heterocycles. The maximum absolute atomic E-state index is 12.8. The van der Waals surface area contributed by atoms with Gasteiger partial charge in [-0.1, -0.05) is 0 Å². The van der Waals surface area contributed by atoms with Gasteiger partial charge in [-0.3, -0.25) is 14.4 Å². The number of benzene rings is 1. The molecule has 2 heterocycles. The van der Waals surface area contributed by atoms with Gasteiger partial charge >= 0.3 is 0 Å². The van der Waals surface area contributed by atoms with Crippen molar-refractivity contribution in [1.29, 1.82) is 0 Å². The summed E-state index contributed by atoms with van der Waals surface area (Å²) in [5.41, 5.74) is 2.93. The van der Waals surface area contributed by atoms with Crippen LogP contribution in [-0.2, 0) is 13.6 Å². The van der Waals surface area contributed by atoms with E-state index in [1.807, 2.05) is 23.6 Å². The molecule has 0 bridgehead atoms. The summed E-state index contributed by atoms with van der Waals surface area (Å²) < 4.78 is 12.4. The number of carbonyl (C=O) groups excluding carboxylic acids is 1. The van der Waals surface area contributed by atoms with E-state index in [4.69, 9.17) is 9.47 Å². The van der Waals surface area contributed by atoms with Gasteiger partial charge in [0.15, 0.2) is 11.5 Å². The number of nitrogens with zero attached hydrogens (tertiary/aromatic N) is 4. The molecule has 1 aliphatic heterocycles. The molecule has 1 amide bonds. The van der Waals surface area contributed by atoms with E-state index in [2.05, 4.69) is 16.2 Å². The predicted molar refractivity (Wildman–Crippen MR) is 98.7 cm³/mol. The number of carbonyl (C=O) groups is 1. The summed E-state index contributed by atoms with van der Waals surface area (Å²) in [6.45, 7) is 6.05. The minimum Gasteiger partial charge on any atom is -0.493 e. The third-order valence-corrected chi connectivity index (χ3v) is 4.80. The van der Waals surface area contributed by atoms with E-state index in [1.165, 1.54) is 5.56 Å². The zero-order valence-corrected chi connectivity index (χ0v) is 15.9. The Labute approximate surface area is 154 Å². The van der Waals surface area contributed by atoms with Crippen molar-refractivity contribution >= 4 is 5.91 Å². The summed E-state index contributed by atoms with van der Waals surface area (Å²) in [5, 5.41) is 4.39. The summed E-state index contributed by atoms with van der Waals surface area (Å²) in [5.74, 6) is 1.23. The van der Waals surface area contributed by atoms with Crippen LogP contribution in [0.25, 0.3) is 0 Å². The first-order valence-corrected chi connectivity index (χ1v) is 8.74. The molecule has 0 unspecified atom stereocenters. The number of amides is 1. The Morgan fingerprint density at radius 3 is 2.38 bits per heavy atom. The van der Waals surface area contributed by atoms with Crippen molar-refractivity contribution in [2.45, 2.75) is 13.5 Å². The van der Waals surface area contributed by atoms with E-state index in [0.717, 1.165) is 25.3 Å². The van der Waals surface area contributed by atoms with Gasteiger partial charge in [-0.05, 0) is 25.1 Å². The number of aromatic nitrogens is 2. The van der Waals surface area contributed by atoms with Gasteiger partial charge in [0.2, 0.25) is 0 Å². The van der Waals surface area contributed by atoms with E-state index in [-0.39, 0.29) is 5.91 Å². The van der Waals surface area contributed by atoms with Gasteiger partial charge in [-0.25, -0.2) is 0 Å². The maximum atomic E-state index is 12.8. The second-order valence-electron chi connectivity index (χ2n) is 6.55. The smallest absolute Gasteiger partial charge is 0.254 e. The highest BCUT2D eigenvalue weighted by atomic mass is 16.5. The third kappa shape index (κ3) is 3.83. The lowest BCUT2D eigenvalue weighted by Gasteiger charge is -2.34. The number of hydrogen-bond acceptors (Lipinski definition) is 5. The number of ether oxygens (including phenoxy) is 2. The number of aryl methyl sites for hydroxylation is 2. The van der Waals surface area contributed by atoms with Crippen LogP contribution < -0.4 is 9.47 Å². The Kier molecular flexibility index (Phi) is 5.46. The molecular formula is C19H26N4O3. The first kappa shape index (κ1) is 18.3. The highest BCUT2D eigenvalue weighted by Gasteiger charge is 2.23. The molecule has 3 rings (SSSR count). The highest BCUT2D eigenvalue weighted by molar-refractivity contribution is 5.95. The Morgan fingerprint density at radius 1 is 1.12 bits per heavy atom. The monoisotopic (exact) mass is 358 g/mol. The SMILES string of the molecule is COc1ccc(C(=O)N2CCN(Cc3cn(C)nc3C)CC2)cc1OC. The topological polar surface area (TPSA) is 59.8 Å². The van der Waals surface area contributed by atoms with Crippen molar-refractivity contribution in [2.24, 2.45) is 7.05 Å². The van der Waals surface area contributed by atoms with Crippen molar-refractivity contribution < 1.29 is 14.3 Å². The zero-order chi connectivity index (χ0) is 18.7. The molecule has 1 aromatic carbocycles. The molecule has 140 valence electrons. The number of methoxy groups -OCH3 is 2. The van der Waals surface area contributed by atoms with Crippen molar-refractivity contribution in [3.05, 3.63) is 41.2 Å². The Balaban J connectivity index is 1.60. The lowest BCUT2D eigenvalue weighted by molar-refractivity contribution is 0.0628. The second kappa shape index (κ2) is 7.78. The summed E-state index contributed by atoms with van der Waals surface area (Å²) in [6.07, 6.45) is 2.07. The van der Waals surface area contributed by atoms with Gasteiger partial charge < -0.3 is 14.4 Å². The lowest BCUT2D eigenvalue weighted by atomic mass is 10.1. The van der Waals surface area contributed by atoms with Gasteiger partial charge in [0.25, 0.3) is 5.91 Å². The van der Waals surface area contributed by atoms with Gasteiger partial charge in [0, 0.05) is 57.1 Å². The first-order valence-electron chi connectivity index (χ1n) is 8.74. The van der Waals surface area contributed by atoms with Crippen molar-refractivity contribution in [1.82, 2.24) is 19.6 Å². The van der Waals surface area contributed by atoms with E-state index < -0.39 is 0 Å². The van der Waals surface area contributed by atoms with E-state index >= 15 is 0 Å². The highest BCUT2D eigenvalue weighted by Crippen LogP contribution is 2.28. The van der Waals surface area contributed by atoms with Gasteiger partial charge in [-0.15, -0.1) is 0 Å². The average Bonchev–Trinajstić information content (AvgIpc) is 2.98. The van der Waals surface area contributed by atoms with Gasteiger partial charge in [-0.2, -0.15) is 5.10 Å². The summed E-state index contributed by atoms with van der Waals surface area (Å²) in [6, 6.07) is 5.30. The average molecular weight is 358 g/mol. The van der Waals surface area contributed by atoms with Crippen LogP contribution in [0, 0.1) is 6.92 Å². The molecular weight excluding hydrogens is 332 g/mol. The zero-order valence-electron chi connectivity index (χ0n) is 15.9. The Morgan fingerprint density at radius 2 is 1.81 bits per heavy atom. The molecule has 0 atom stereocenters. The summed E-state index contributed by atoms with van der Waals surface area (Å²) in [7, 11) is 5.10. The lowest BCUT2D eigenvalue weighted by Crippen LogP contribution is -2.48. The summed E-state index contributed by atoms with van der Waals surface area (Å²) in [4.78, 5) is 17.0. The van der Waals surface area contributed by atoms with Crippen LogP contribution in [0.1, 0.15) is 21.6 Å². The molecule has 7 heteroatoms. The molecule has 0 spiro atoms. The van der Waals surface area contributed by atoms with Crippen LogP contribution in [0.15, 0.2) is 24.4 Å². The van der Waals surface area contributed by atoms with Crippen molar-refractivity contribution in [3.8, 4) is 11.5 Å². The maximum Gasteiger partial charge on any atom is 0.254 e. The first-order chi connectivity index (χ1) is 12.5. The molecule has 26 heavy (non-hydrogen) atoms. The minimum atomic E-state index is 0.0307. The van der Waals surface area contributed by atoms with Crippen molar-refractivity contribution in [3.63, 3.8) is 0 Å². The van der Waals surface area contributed by atoms with Crippen LogP contribution in [0.2, 0.25) is 0 Å². The van der Waals surface area contributed by atoms with Crippen molar-refractivity contribution in [2.75, 3.05) is 40.4 Å². The van der Waals surface area contributed by atoms with Gasteiger partial charge in [0.1, 0.15) is 0 Å². The minimum absolute atomic E-state index is 0.0307. The standard InChI is InChI=1S/C19H26N4O3/c1-14-16(12-21(2)20-14)13-22-7-9-23(10-8-22)19(24)15-5-6-17(25-3)18(11-15)26-4/h5-6,11-12H,7-10,13H2,1-4H3. The number of hydrogen-bond donors (Lipinski definition) is 0. The molecule has 1 fully saturated rings. The largest absolute Gasteiger partial charge is 0.493 e. The van der Waals surface area contributed by atoms with E-state index in [0.29, 0.717) is 30.2 Å². The Bertz CT molecular complexity index is 779.